The molecule has 102 valence electrons. The first-order chi connectivity index (χ1) is 8.83. The van der Waals surface area contributed by atoms with Gasteiger partial charge in [0.05, 0.1) is 11.8 Å². The van der Waals surface area contributed by atoms with Gasteiger partial charge in [-0.15, -0.1) is 0 Å². The molecule has 2 rings (SSSR count). The molecule has 1 aliphatic heterocycles. The van der Waals surface area contributed by atoms with Crippen LogP contribution in [-0.2, 0) is 11.3 Å². The molecule has 1 atom stereocenters. The molecular weight excluding hydrogens is 230 g/mol. The first-order valence-corrected chi connectivity index (χ1v) is 6.76. The summed E-state index contributed by atoms with van der Waals surface area (Å²) >= 11 is 0. The Labute approximate surface area is 109 Å². The van der Waals surface area contributed by atoms with E-state index in [1.165, 1.54) is 0 Å². The molecule has 5 heteroatoms. The molecule has 1 fully saturated rings. The van der Waals surface area contributed by atoms with Crippen LogP contribution in [0.25, 0.3) is 0 Å². The van der Waals surface area contributed by atoms with Crippen LogP contribution >= 0.6 is 0 Å². The fourth-order valence-electron chi connectivity index (χ4n) is 2.22. The molecule has 0 saturated carbocycles. The highest BCUT2D eigenvalue weighted by atomic mass is 16.5. The molecule has 1 aromatic rings. The Morgan fingerprint density at radius 3 is 3.28 bits per heavy atom. The minimum absolute atomic E-state index is 0.298. The van der Waals surface area contributed by atoms with Gasteiger partial charge in [0, 0.05) is 26.7 Å². The first-order valence-electron chi connectivity index (χ1n) is 6.76. The Kier molecular flexibility index (Phi) is 5.01. The first kappa shape index (κ1) is 13.4. The Morgan fingerprint density at radius 1 is 1.61 bits per heavy atom. The number of anilines is 1. The highest BCUT2D eigenvalue weighted by molar-refractivity contribution is 5.28. The summed E-state index contributed by atoms with van der Waals surface area (Å²) < 4.78 is 11.0. The standard InChI is InChI=1S/C13H23N3O2/c1-3-6-14-8-11-10-18-13(15-11)16-7-4-5-12(9-16)17-2/h10,12,14H,3-9H2,1-2H3. The highest BCUT2D eigenvalue weighted by Crippen LogP contribution is 2.20. The van der Waals surface area contributed by atoms with Crippen LogP contribution in [0.2, 0.25) is 0 Å². The van der Waals surface area contributed by atoms with Gasteiger partial charge in [-0.2, -0.15) is 4.98 Å². The van der Waals surface area contributed by atoms with E-state index in [9.17, 15) is 0 Å². The second-order valence-electron chi connectivity index (χ2n) is 4.74. The molecule has 0 aromatic carbocycles. The van der Waals surface area contributed by atoms with Gasteiger partial charge >= 0.3 is 0 Å². The number of nitrogens with one attached hydrogen (secondary N) is 1. The van der Waals surface area contributed by atoms with Gasteiger partial charge in [-0.05, 0) is 25.8 Å². The summed E-state index contributed by atoms with van der Waals surface area (Å²) in [5, 5.41) is 3.32. The van der Waals surface area contributed by atoms with Crippen LogP contribution in [0, 0.1) is 0 Å². The summed E-state index contributed by atoms with van der Waals surface area (Å²) in [4.78, 5) is 6.68. The molecule has 1 N–H and O–H groups in total. The van der Waals surface area contributed by atoms with Crippen LogP contribution in [0.3, 0.4) is 0 Å². The van der Waals surface area contributed by atoms with E-state index in [4.69, 9.17) is 9.15 Å². The molecule has 0 spiro atoms. The average molecular weight is 253 g/mol. The third kappa shape index (κ3) is 3.46. The van der Waals surface area contributed by atoms with Gasteiger partial charge in [-0.1, -0.05) is 6.92 Å². The summed E-state index contributed by atoms with van der Waals surface area (Å²) in [7, 11) is 1.77. The number of ether oxygens (including phenoxy) is 1. The lowest BCUT2D eigenvalue weighted by Crippen LogP contribution is -2.39. The molecule has 0 radical (unpaired) electrons. The molecule has 0 bridgehead atoms. The van der Waals surface area contributed by atoms with Crippen molar-refractivity contribution in [3.8, 4) is 0 Å². The summed E-state index contributed by atoms with van der Waals surface area (Å²) in [5.74, 6) is 0. The SMILES string of the molecule is CCCNCc1coc(N2CCCC(OC)C2)n1. The van der Waals surface area contributed by atoms with E-state index in [0.29, 0.717) is 6.10 Å². The van der Waals surface area contributed by atoms with Crippen LogP contribution in [0.15, 0.2) is 10.7 Å². The van der Waals surface area contributed by atoms with Gasteiger partial charge in [0.2, 0.25) is 0 Å². The molecular formula is C13H23N3O2. The van der Waals surface area contributed by atoms with Gasteiger partial charge in [0.15, 0.2) is 0 Å². The Hall–Kier alpha value is -1.07. The van der Waals surface area contributed by atoms with Gasteiger partial charge in [0.25, 0.3) is 6.01 Å². The minimum Gasteiger partial charge on any atom is -0.432 e. The topological polar surface area (TPSA) is 50.5 Å². The minimum atomic E-state index is 0.298. The van der Waals surface area contributed by atoms with Crippen LogP contribution < -0.4 is 10.2 Å². The fourth-order valence-corrected chi connectivity index (χ4v) is 2.22. The maximum Gasteiger partial charge on any atom is 0.297 e. The zero-order valence-electron chi connectivity index (χ0n) is 11.3. The monoisotopic (exact) mass is 253 g/mol. The maximum atomic E-state index is 5.55. The zero-order chi connectivity index (χ0) is 12.8. The second kappa shape index (κ2) is 6.75. The van der Waals surface area contributed by atoms with Crippen molar-refractivity contribution >= 4 is 6.01 Å². The molecule has 2 heterocycles. The molecule has 0 amide bonds. The summed E-state index contributed by atoms with van der Waals surface area (Å²) in [5.41, 5.74) is 0.970. The summed E-state index contributed by atoms with van der Waals surface area (Å²) in [6.07, 6.45) is 5.43. The number of oxazole rings is 1. The van der Waals surface area contributed by atoms with E-state index >= 15 is 0 Å². The quantitative estimate of drug-likeness (QED) is 0.783. The van der Waals surface area contributed by atoms with Crippen molar-refractivity contribution in [3.05, 3.63) is 12.0 Å². The van der Waals surface area contributed by atoms with Crippen molar-refractivity contribution < 1.29 is 9.15 Å². The van der Waals surface area contributed by atoms with Crippen molar-refractivity contribution in [2.24, 2.45) is 0 Å². The molecule has 0 aliphatic carbocycles. The highest BCUT2D eigenvalue weighted by Gasteiger charge is 2.22. The fraction of sp³-hybridized carbons (Fsp3) is 0.769. The lowest BCUT2D eigenvalue weighted by molar-refractivity contribution is 0.0879. The predicted molar refractivity (Wildman–Crippen MR) is 70.7 cm³/mol. The zero-order valence-corrected chi connectivity index (χ0v) is 11.3. The van der Waals surface area contributed by atoms with Crippen LogP contribution in [-0.4, -0.2) is 37.8 Å². The molecule has 1 saturated heterocycles. The summed E-state index contributed by atoms with van der Waals surface area (Å²) in [6.45, 7) is 5.82. The predicted octanol–water partition coefficient (Wildman–Crippen LogP) is 1.79. The van der Waals surface area contributed by atoms with Gasteiger partial charge in [-0.3, -0.25) is 0 Å². The van der Waals surface area contributed by atoms with Gasteiger partial charge < -0.3 is 19.4 Å². The van der Waals surface area contributed by atoms with E-state index in [1.54, 1.807) is 13.4 Å². The van der Waals surface area contributed by atoms with E-state index < -0.39 is 0 Å². The Bertz CT molecular complexity index is 354. The molecule has 1 aromatic heterocycles. The lowest BCUT2D eigenvalue weighted by atomic mass is 10.1. The van der Waals surface area contributed by atoms with Crippen molar-refractivity contribution in [3.63, 3.8) is 0 Å². The lowest BCUT2D eigenvalue weighted by Gasteiger charge is -2.30. The molecule has 1 aliphatic rings. The van der Waals surface area contributed by atoms with E-state index in [2.05, 4.69) is 22.1 Å². The van der Waals surface area contributed by atoms with E-state index in [1.807, 2.05) is 0 Å². The Balaban J connectivity index is 1.88. The number of hydrogen-bond acceptors (Lipinski definition) is 5. The van der Waals surface area contributed by atoms with Crippen molar-refractivity contribution in [1.29, 1.82) is 0 Å². The van der Waals surface area contributed by atoms with E-state index in [-0.39, 0.29) is 0 Å². The third-order valence-electron chi connectivity index (χ3n) is 3.25. The summed E-state index contributed by atoms with van der Waals surface area (Å²) in [6, 6.07) is 0.727. The van der Waals surface area contributed by atoms with Crippen molar-refractivity contribution in [2.45, 2.75) is 38.8 Å². The molecule has 5 nitrogen and oxygen atoms in total. The smallest absolute Gasteiger partial charge is 0.297 e. The second-order valence-corrected chi connectivity index (χ2v) is 4.74. The van der Waals surface area contributed by atoms with Crippen LogP contribution in [0.5, 0.6) is 0 Å². The molecule has 1 unspecified atom stereocenters. The van der Waals surface area contributed by atoms with Crippen molar-refractivity contribution in [1.82, 2.24) is 10.3 Å². The molecule has 18 heavy (non-hydrogen) atoms. The largest absolute Gasteiger partial charge is 0.432 e. The van der Waals surface area contributed by atoms with E-state index in [0.717, 1.165) is 57.2 Å². The third-order valence-corrected chi connectivity index (χ3v) is 3.25. The number of piperidine rings is 1. The normalized spacial score (nSPS) is 20.3. The number of rotatable bonds is 6. The Morgan fingerprint density at radius 2 is 2.50 bits per heavy atom. The van der Waals surface area contributed by atoms with Crippen LogP contribution in [0.4, 0.5) is 6.01 Å². The van der Waals surface area contributed by atoms with Gasteiger partial charge in [0.1, 0.15) is 6.26 Å². The number of methoxy groups -OCH3 is 1. The van der Waals surface area contributed by atoms with Crippen LogP contribution in [0.1, 0.15) is 31.9 Å². The maximum absolute atomic E-state index is 5.55. The van der Waals surface area contributed by atoms with Gasteiger partial charge in [-0.25, -0.2) is 0 Å². The average Bonchev–Trinajstić information content (AvgIpc) is 2.88. The van der Waals surface area contributed by atoms with Crippen molar-refractivity contribution in [2.75, 3.05) is 31.6 Å². The number of aromatic nitrogens is 1. The number of nitrogens with zero attached hydrogens (tertiary/aromatic N) is 2. The number of hydrogen-bond donors (Lipinski definition) is 1.